The van der Waals surface area contributed by atoms with Crippen LogP contribution in [0.4, 0.5) is 5.69 Å². The van der Waals surface area contributed by atoms with E-state index in [0.29, 0.717) is 16.9 Å². The number of aryl methyl sites for hydroxylation is 1. The molecule has 0 saturated carbocycles. The zero-order chi connectivity index (χ0) is 17.5. The number of hydrogen-bond acceptors (Lipinski definition) is 4. The highest BCUT2D eigenvalue weighted by Gasteiger charge is 2.18. The molecule has 0 spiro atoms. The fourth-order valence-electron chi connectivity index (χ4n) is 2.62. The van der Waals surface area contributed by atoms with Gasteiger partial charge in [-0.05, 0) is 30.0 Å². The SMILES string of the molecule is Cc1nc(C(=O)Nc2ccc3c(C(C)(C)C)cc(=O)[nH]c3c2)cs1. The zero-order valence-electron chi connectivity index (χ0n) is 14.1. The predicted molar refractivity (Wildman–Crippen MR) is 98.1 cm³/mol. The summed E-state index contributed by atoms with van der Waals surface area (Å²) in [6.07, 6.45) is 0. The number of pyridine rings is 1. The van der Waals surface area contributed by atoms with E-state index in [0.717, 1.165) is 16.0 Å². The largest absolute Gasteiger partial charge is 0.322 e. The van der Waals surface area contributed by atoms with Gasteiger partial charge in [-0.1, -0.05) is 26.8 Å². The van der Waals surface area contributed by atoms with Crippen LogP contribution in [0.25, 0.3) is 10.9 Å². The number of nitrogens with one attached hydrogen (secondary N) is 2. The first-order valence-electron chi connectivity index (χ1n) is 7.65. The van der Waals surface area contributed by atoms with Gasteiger partial charge in [0.25, 0.3) is 5.91 Å². The van der Waals surface area contributed by atoms with Crippen molar-refractivity contribution in [1.29, 1.82) is 0 Å². The van der Waals surface area contributed by atoms with Crippen LogP contribution in [0.5, 0.6) is 0 Å². The summed E-state index contributed by atoms with van der Waals surface area (Å²) in [6, 6.07) is 7.18. The van der Waals surface area contributed by atoms with Gasteiger partial charge in [-0.15, -0.1) is 11.3 Å². The third kappa shape index (κ3) is 3.23. The van der Waals surface area contributed by atoms with Crippen molar-refractivity contribution in [3.8, 4) is 0 Å². The van der Waals surface area contributed by atoms with Crippen molar-refractivity contribution < 1.29 is 4.79 Å². The lowest BCUT2D eigenvalue weighted by Crippen LogP contribution is -2.17. The highest BCUT2D eigenvalue weighted by Crippen LogP contribution is 2.29. The molecule has 24 heavy (non-hydrogen) atoms. The summed E-state index contributed by atoms with van der Waals surface area (Å²) >= 11 is 1.43. The van der Waals surface area contributed by atoms with Crippen molar-refractivity contribution in [1.82, 2.24) is 9.97 Å². The number of fused-ring (bicyclic) bond motifs is 1. The second-order valence-corrected chi connectivity index (χ2v) is 7.83. The van der Waals surface area contributed by atoms with E-state index in [1.165, 1.54) is 11.3 Å². The number of aromatic nitrogens is 2. The third-order valence-corrected chi connectivity index (χ3v) is 4.53. The molecule has 5 nitrogen and oxygen atoms in total. The van der Waals surface area contributed by atoms with Gasteiger partial charge in [0.15, 0.2) is 0 Å². The van der Waals surface area contributed by atoms with Crippen LogP contribution in [-0.2, 0) is 5.41 Å². The molecule has 3 aromatic rings. The summed E-state index contributed by atoms with van der Waals surface area (Å²) in [6.45, 7) is 8.07. The Morgan fingerprint density at radius 2 is 2.00 bits per heavy atom. The maximum absolute atomic E-state index is 12.2. The van der Waals surface area contributed by atoms with Gasteiger partial charge in [-0.3, -0.25) is 9.59 Å². The van der Waals surface area contributed by atoms with Crippen molar-refractivity contribution in [3.05, 3.63) is 56.3 Å². The van der Waals surface area contributed by atoms with Crippen LogP contribution in [0, 0.1) is 6.92 Å². The average molecular weight is 341 g/mol. The molecular formula is C18H19N3O2S. The molecule has 0 bridgehead atoms. The van der Waals surface area contributed by atoms with Gasteiger partial charge in [-0.2, -0.15) is 0 Å². The number of aromatic amines is 1. The molecule has 2 aromatic heterocycles. The second-order valence-electron chi connectivity index (χ2n) is 6.76. The number of hydrogen-bond donors (Lipinski definition) is 2. The predicted octanol–water partition coefficient (Wildman–Crippen LogP) is 3.84. The minimum absolute atomic E-state index is 0.143. The molecule has 6 heteroatoms. The van der Waals surface area contributed by atoms with Crippen LogP contribution in [0.3, 0.4) is 0 Å². The minimum Gasteiger partial charge on any atom is -0.322 e. The van der Waals surface area contributed by atoms with E-state index < -0.39 is 0 Å². The first-order chi connectivity index (χ1) is 11.2. The van der Waals surface area contributed by atoms with Crippen molar-refractivity contribution >= 4 is 33.8 Å². The molecule has 3 rings (SSSR count). The fraction of sp³-hybridized carbons (Fsp3) is 0.278. The fourth-order valence-corrected chi connectivity index (χ4v) is 3.21. The lowest BCUT2D eigenvalue weighted by atomic mass is 9.85. The van der Waals surface area contributed by atoms with Crippen LogP contribution >= 0.6 is 11.3 Å². The zero-order valence-corrected chi connectivity index (χ0v) is 14.9. The van der Waals surface area contributed by atoms with Gasteiger partial charge >= 0.3 is 0 Å². The molecule has 1 aromatic carbocycles. The molecule has 0 unspecified atom stereocenters. The molecule has 1 amide bonds. The minimum atomic E-state index is -0.256. The van der Waals surface area contributed by atoms with E-state index >= 15 is 0 Å². The maximum Gasteiger partial charge on any atom is 0.275 e. The van der Waals surface area contributed by atoms with Gasteiger partial charge in [0.05, 0.1) is 10.5 Å². The summed E-state index contributed by atoms with van der Waals surface area (Å²) in [5.41, 5.74) is 2.42. The van der Waals surface area contributed by atoms with Gasteiger partial charge in [-0.25, -0.2) is 4.98 Å². The Labute approximate surface area is 143 Å². The molecule has 0 aliphatic rings. The van der Waals surface area contributed by atoms with E-state index in [-0.39, 0.29) is 16.9 Å². The number of benzene rings is 1. The molecule has 124 valence electrons. The molecule has 0 atom stereocenters. The molecule has 0 radical (unpaired) electrons. The number of anilines is 1. The lowest BCUT2D eigenvalue weighted by Gasteiger charge is -2.21. The Balaban J connectivity index is 2.00. The molecule has 2 heterocycles. The van der Waals surface area contributed by atoms with Crippen molar-refractivity contribution in [2.45, 2.75) is 33.1 Å². The van der Waals surface area contributed by atoms with Gasteiger partial charge < -0.3 is 10.3 Å². The number of amides is 1. The Morgan fingerprint density at radius 3 is 2.62 bits per heavy atom. The molecule has 0 aliphatic heterocycles. The van der Waals surface area contributed by atoms with Gasteiger partial charge in [0.1, 0.15) is 5.69 Å². The van der Waals surface area contributed by atoms with E-state index in [4.69, 9.17) is 0 Å². The first kappa shape index (κ1) is 16.4. The topological polar surface area (TPSA) is 74.8 Å². The van der Waals surface area contributed by atoms with Crippen LogP contribution in [0.15, 0.2) is 34.4 Å². The average Bonchev–Trinajstić information content (AvgIpc) is 2.92. The molecular weight excluding hydrogens is 322 g/mol. The lowest BCUT2D eigenvalue weighted by molar-refractivity contribution is 0.102. The number of carbonyl (C=O) groups is 1. The molecule has 0 saturated heterocycles. The Morgan fingerprint density at radius 1 is 1.25 bits per heavy atom. The number of carbonyl (C=O) groups excluding carboxylic acids is 1. The van der Waals surface area contributed by atoms with Crippen LogP contribution in [0.1, 0.15) is 41.8 Å². The molecule has 0 aliphatic carbocycles. The van der Waals surface area contributed by atoms with E-state index in [1.54, 1.807) is 17.5 Å². The summed E-state index contributed by atoms with van der Waals surface area (Å²) in [5.74, 6) is -0.256. The quantitative estimate of drug-likeness (QED) is 0.743. The van der Waals surface area contributed by atoms with Crippen molar-refractivity contribution in [2.24, 2.45) is 0 Å². The number of thiazole rings is 1. The standard InChI is InChI=1S/C18H19N3O2S/c1-10-19-15(9-24-10)17(23)20-11-5-6-12-13(18(2,3)4)8-16(22)21-14(12)7-11/h5-9H,1-4H3,(H,20,23)(H,21,22). The smallest absolute Gasteiger partial charge is 0.275 e. The summed E-state index contributed by atoms with van der Waals surface area (Å²) < 4.78 is 0. The van der Waals surface area contributed by atoms with Crippen molar-refractivity contribution in [2.75, 3.05) is 5.32 Å². The summed E-state index contributed by atoms with van der Waals surface area (Å²) in [7, 11) is 0. The van der Waals surface area contributed by atoms with Crippen LogP contribution < -0.4 is 10.9 Å². The Kier molecular flexibility index (Phi) is 4.01. The third-order valence-electron chi connectivity index (χ3n) is 3.76. The van der Waals surface area contributed by atoms with Crippen LogP contribution in [0.2, 0.25) is 0 Å². The monoisotopic (exact) mass is 341 g/mol. The summed E-state index contributed by atoms with van der Waals surface area (Å²) in [5, 5.41) is 6.37. The Hall–Kier alpha value is -2.47. The molecule has 2 N–H and O–H groups in total. The highest BCUT2D eigenvalue weighted by atomic mass is 32.1. The van der Waals surface area contributed by atoms with E-state index in [2.05, 4.69) is 36.1 Å². The first-order valence-corrected chi connectivity index (χ1v) is 8.53. The molecule has 0 fully saturated rings. The van der Waals surface area contributed by atoms with Gasteiger partial charge in [0.2, 0.25) is 5.56 Å². The Bertz CT molecular complexity index is 980. The second kappa shape index (κ2) is 5.87. The highest BCUT2D eigenvalue weighted by molar-refractivity contribution is 7.09. The van der Waals surface area contributed by atoms with Crippen molar-refractivity contribution in [3.63, 3.8) is 0 Å². The number of rotatable bonds is 2. The maximum atomic E-state index is 12.2. The van der Waals surface area contributed by atoms with E-state index in [9.17, 15) is 9.59 Å². The number of H-pyrrole nitrogens is 1. The number of nitrogens with zero attached hydrogens (tertiary/aromatic N) is 1. The van der Waals surface area contributed by atoms with Gasteiger partial charge in [0, 0.05) is 22.5 Å². The van der Waals surface area contributed by atoms with E-state index in [1.807, 2.05) is 19.1 Å². The normalized spacial score (nSPS) is 11.7. The van der Waals surface area contributed by atoms with Crippen LogP contribution in [-0.4, -0.2) is 15.9 Å². The summed E-state index contributed by atoms with van der Waals surface area (Å²) in [4.78, 5) is 31.2.